The molecule has 1 aromatic carbocycles. The van der Waals surface area contributed by atoms with Crippen LogP contribution in [0.2, 0.25) is 0 Å². The number of benzene rings is 1. The van der Waals surface area contributed by atoms with Gasteiger partial charge in [-0.25, -0.2) is 0 Å². The minimum absolute atomic E-state index is 0.0641. The average molecular weight is 260 g/mol. The Labute approximate surface area is 86.1 Å². The zero-order valence-corrected chi connectivity index (χ0v) is 8.94. The second-order valence-corrected chi connectivity index (χ2v) is 5.01. The van der Waals surface area contributed by atoms with Gasteiger partial charge in [0.25, 0.3) is 0 Å². The fourth-order valence-corrected chi connectivity index (χ4v) is 2.58. The topological polar surface area (TPSA) is 46.2 Å². The molecule has 0 fully saturated rings. The van der Waals surface area contributed by atoms with Crippen molar-refractivity contribution < 1.29 is 9.00 Å². The number of anilines is 1. The van der Waals surface area contributed by atoms with Crippen molar-refractivity contribution in [2.24, 2.45) is 0 Å². The van der Waals surface area contributed by atoms with Gasteiger partial charge in [0.05, 0.1) is 21.4 Å². The fraction of sp³-hybridized carbons (Fsp3) is 0.125. The third kappa shape index (κ3) is 1.66. The molecule has 0 bridgehead atoms. The smallest absolute Gasteiger partial charge is 0.237 e. The Morgan fingerprint density at radius 3 is 3.00 bits per heavy atom. The lowest BCUT2D eigenvalue weighted by molar-refractivity contribution is -0.113. The standard InChI is InChI=1S/C8H6BrNO2S/c9-5-1-2-7-6(3-5)10-8(11)4-13(7)12/h1-3H,4H2,(H,10,11). The second-order valence-electron chi connectivity index (χ2n) is 2.68. The number of rotatable bonds is 0. The Morgan fingerprint density at radius 1 is 1.46 bits per heavy atom. The number of amides is 1. The number of hydrogen-bond acceptors (Lipinski definition) is 2. The molecule has 0 radical (unpaired) electrons. The van der Waals surface area contributed by atoms with Gasteiger partial charge in [-0.3, -0.25) is 9.00 Å². The molecule has 1 heterocycles. The zero-order chi connectivity index (χ0) is 9.42. The first-order valence-electron chi connectivity index (χ1n) is 3.64. The maximum Gasteiger partial charge on any atom is 0.237 e. The summed E-state index contributed by atoms with van der Waals surface area (Å²) in [6.45, 7) is 0. The number of carbonyl (C=O) groups is 1. The van der Waals surface area contributed by atoms with Gasteiger partial charge >= 0.3 is 0 Å². The summed E-state index contributed by atoms with van der Waals surface area (Å²) in [5, 5.41) is 2.67. The average Bonchev–Trinajstić information content (AvgIpc) is 2.02. The third-order valence-electron chi connectivity index (χ3n) is 1.72. The van der Waals surface area contributed by atoms with Gasteiger partial charge in [0, 0.05) is 4.47 Å². The minimum atomic E-state index is -1.19. The Morgan fingerprint density at radius 2 is 2.23 bits per heavy atom. The molecular formula is C8H6BrNO2S. The van der Waals surface area contributed by atoms with Crippen molar-refractivity contribution in [3.8, 4) is 0 Å². The summed E-state index contributed by atoms with van der Waals surface area (Å²) in [6.07, 6.45) is 0. The first-order valence-corrected chi connectivity index (χ1v) is 5.76. The molecule has 0 spiro atoms. The van der Waals surface area contributed by atoms with Crippen molar-refractivity contribution >= 4 is 38.3 Å². The molecule has 0 saturated heterocycles. The summed E-state index contributed by atoms with van der Waals surface area (Å²) >= 11 is 3.28. The minimum Gasteiger partial charge on any atom is -0.324 e. The van der Waals surface area contributed by atoms with Gasteiger partial charge in [-0.05, 0) is 18.2 Å². The van der Waals surface area contributed by atoms with Crippen LogP contribution >= 0.6 is 15.9 Å². The molecule has 0 aliphatic carbocycles. The van der Waals surface area contributed by atoms with Crippen molar-refractivity contribution in [3.05, 3.63) is 22.7 Å². The van der Waals surface area contributed by atoms with E-state index in [1.807, 2.05) is 6.07 Å². The highest BCUT2D eigenvalue weighted by Gasteiger charge is 2.20. The quantitative estimate of drug-likeness (QED) is 0.768. The van der Waals surface area contributed by atoms with Crippen molar-refractivity contribution in [2.45, 2.75) is 4.90 Å². The van der Waals surface area contributed by atoms with Crippen LogP contribution in [0.1, 0.15) is 0 Å². The van der Waals surface area contributed by atoms with Crippen LogP contribution in [0.3, 0.4) is 0 Å². The number of nitrogens with one attached hydrogen (secondary N) is 1. The summed E-state index contributed by atoms with van der Waals surface area (Å²) < 4.78 is 12.3. The monoisotopic (exact) mass is 259 g/mol. The molecule has 1 aliphatic heterocycles. The van der Waals surface area contributed by atoms with Crippen LogP contribution in [0.5, 0.6) is 0 Å². The van der Waals surface area contributed by atoms with E-state index in [4.69, 9.17) is 0 Å². The maximum absolute atomic E-state index is 11.4. The Balaban J connectivity index is 2.55. The lowest BCUT2D eigenvalue weighted by atomic mass is 10.3. The van der Waals surface area contributed by atoms with E-state index in [1.165, 1.54) is 0 Å². The molecule has 0 saturated carbocycles. The molecule has 1 atom stereocenters. The molecule has 13 heavy (non-hydrogen) atoms. The summed E-state index contributed by atoms with van der Waals surface area (Å²) in [7, 11) is -1.19. The Kier molecular flexibility index (Phi) is 2.21. The number of hydrogen-bond donors (Lipinski definition) is 1. The highest BCUT2D eigenvalue weighted by Crippen LogP contribution is 2.27. The van der Waals surface area contributed by atoms with Crippen LogP contribution in [-0.4, -0.2) is 15.9 Å². The Bertz CT molecular complexity index is 405. The van der Waals surface area contributed by atoms with E-state index >= 15 is 0 Å². The van der Waals surface area contributed by atoms with Crippen molar-refractivity contribution in [3.63, 3.8) is 0 Å². The fourth-order valence-electron chi connectivity index (χ4n) is 1.18. The van der Waals surface area contributed by atoms with Crippen LogP contribution in [0.25, 0.3) is 0 Å². The lowest BCUT2D eigenvalue weighted by Crippen LogP contribution is -2.25. The van der Waals surface area contributed by atoms with E-state index in [0.717, 1.165) is 4.47 Å². The van der Waals surface area contributed by atoms with Gasteiger partial charge in [0.1, 0.15) is 5.75 Å². The number of carbonyl (C=O) groups excluding carboxylic acids is 1. The summed E-state index contributed by atoms with van der Waals surface area (Å²) in [5.74, 6) is -0.127. The second kappa shape index (κ2) is 3.23. The molecular weight excluding hydrogens is 254 g/mol. The van der Waals surface area contributed by atoms with Crippen LogP contribution in [0.4, 0.5) is 5.69 Å². The lowest BCUT2D eigenvalue weighted by Gasteiger charge is -2.15. The molecule has 5 heteroatoms. The zero-order valence-electron chi connectivity index (χ0n) is 6.54. The largest absolute Gasteiger partial charge is 0.324 e. The molecule has 1 aromatic rings. The highest BCUT2D eigenvalue weighted by atomic mass is 79.9. The van der Waals surface area contributed by atoms with Gasteiger partial charge in [-0.1, -0.05) is 15.9 Å². The normalized spacial score (nSPS) is 20.7. The molecule has 1 unspecified atom stereocenters. The van der Waals surface area contributed by atoms with Gasteiger partial charge in [0.2, 0.25) is 5.91 Å². The number of fused-ring (bicyclic) bond motifs is 1. The van der Waals surface area contributed by atoms with E-state index in [9.17, 15) is 9.00 Å². The van der Waals surface area contributed by atoms with Crippen LogP contribution in [0.15, 0.2) is 27.6 Å². The van der Waals surface area contributed by atoms with Crippen LogP contribution in [0, 0.1) is 0 Å². The summed E-state index contributed by atoms with van der Waals surface area (Å²) in [5.41, 5.74) is 0.643. The van der Waals surface area contributed by atoms with E-state index in [0.29, 0.717) is 10.6 Å². The summed E-state index contributed by atoms with van der Waals surface area (Å²) in [4.78, 5) is 11.7. The molecule has 0 aromatic heterocycles. The van der Waals surface area contributed by atoms with E-state index < -0.39 is 10.8 Å². The van der Waals surface area contributed by atoms with E-state index in [2.05, 4.69) is 21.2 Å². The first kappa shape index (κ1) is 8.90. The Hall–Kier alpha value is -0.680. The maximum atomic E-state index is 11.4. The third-order valence-corrected chi connectivity index (χ3v) is 3.59. The van der Waals surface area contributed by atoms with Gasteiger partial charge in [0.15, 0.2) is 0 Å². The molecule has 1 aliphatic rings. The predicted octanol–water partition coefficient (Wildman–Crippen LogP) is 1.51. The first-order chi connectivity index (χ1) is 6.16. The summed E-state index contributed by atoms with van der Waals surface area (Å²) in [6, 6.07) is 5.33. The van der Waals surface area contributed by atoms with Gasteiger partial charge in [-0.15, -0.1) is 0 Å². The molecule has 68 valence electrons. The number of halogens is 1. The predicted molar refractivity (Wildman–Crippen MR) is 54.0 cm³/mol. The molecule has 1 N–H and O–H groups in total. The molecule has 2 rings (SSSR count). The van der Waals surface area contributed by atoms with E-state index in [-0.39, 0.29) is 11.7 Å². The molecule has 1 amide bonds. The molecule has 3 nitrogen and oxygen atoms in total. The van der Waals surface area contributed by atoms with Gasteiger partial charge < -0.3 is 5.32 Å². The van der Waals surface area contributed by atoms with Crippen LogP contribution in [-0.2, 0) is 15.6 Å². The van der Waals surface area contributed by atoms with Crippen molar-refractivity contribution in [1.82, 2.24) is 0 Å². The van der Waals surface area contributed by atoms with Gasteiger partial charge in [-0.2, -0.15) is 0 Å². The highest BCUT2D eigenvalue weighted by molar-refractivity contribution is 9.10. The van der Waals surface area contributed by atoms with Crippen LogP contribution < -0.4 is 5.32 Å². The van der Waals surface area contributed by atoms with Crippen molar-refractivity contribution in [2.75, 3.05) is 11.1 Å². The SMILES string of the molecule is O=C1CS(=O)c2ccc(Br)cc2N1. The van der Waals surface area contributed by atoms with Crippen molar-refractivity contribution in [1.29, 1.82) is 0 Å². The van der Waals surface area contributed by atoms with E-state index in [1.54, 1.807) is 12.1 Å².